The van der Waals surface area contributed by atoms with Gasteiger partial charge in [0.1, 0.15) is 11.8 Å². The lowest BCUT2D eigenvalue weighted by atomic mass is 10.0. The smallest absolute Gasteiger partial charge is 0.112 e. The summed E-state index contributed by atoms with van der Waals surface area (Å²) < 4.78 is 0. The van der Waals surface area contributed by atoms with Gasteiger partial charge in [0, 0.05) is 13.5 Å². The Morgan fingerprint density at radius 3 is 2.41 bits per heavy atom. The largest absolute Gasteiger partial charge is 0.386 e. The summed E-state index contributed by atoms with van der Waals surface area (Å²) in [5.41, 5.74) is 4.17. The second-order valence-corrected chi connectivity index (χ2v) is 4.47. The molecule has 90 valence electrons. The zero-order valence-corrected chi connectivity index (χ0v) is 10.4. The van der Waals surface area contributed by atoms with Gasteiger partial charge in [0.15, 0.2) is 0 Å². The van der Waals surface area contributed by atoms with E-state index in [4.69, 9.17) is 0 Å². The third-order valence-corrected chi connectivity index (χ3v) is 2.67. The van der Waals surface area contributed by atoms with Gasteiger partial charge in [-0.1, -0.05) is 29.3 Å². The van der Waals surface area contributed by atoms with Gasteiger partial charge in [-0.05, 0) is 19.4 Å². The predicted molar refractivity (Wildman–Crippen MR) is 65.6 cm³/mol. The fourth-order valence-corrected chi connectivity index (χ4v) is 2.03. The average Bonchev–Trinajstić information content (AvgIpc) is 2.63. The molecule has 0 fully saturated rings. The third kappa shape index (κ3) is 2.91. The highest BCUT2D eigenvalue weighted by Crippen LogP contribution is 2.17. The number of rotatable bonds is 3. The summed E-state index contributed by atoms with van der Waals surface area (Å²) in [4.78, 5) is 1.46. The van der Waals surface area contributed by atoms with Gasteiger partial charge < -0.3 is 5.11 Å². The Morgan fingerprint density at radius 1 is 1.24 bits per heavy atom. The number of aliphatic hydroxyl groups excluding tert-OH is 1. The van der Waals surface area contributed by atoms with Crippen LogP contribution in [0.15, 0.2) is 24.4 Å². The minimum atomic E-state index is -0.593. The van der Waals surface area contributed by atoms with Crippen molar-refractivity contribution >= 4 is 0 Å². The fourth-order valence-electron chi connectivity index (χ4n) is 2.03. The number of aryl methyl sites for hydroxylation is 3. The van der Waals surface area contributed by atoms with E-state index in [0.717, 1.165) is 5.56 Å². The number of hydrogen-bond acceptors (Lipinski definition) is 3. The van der Waals surface area contributed by atoms with Crippen molar-refractivity contribution in [3.63, 3.8) is 0 Å². The fraction of sp³-hybridized carbons (Fsp3) is 0.385. The molecule has 2 aromatic rings. The molecular formula is C13H17N3O. The molecule has 2 rings (SSSR count). The van der Waals surface area contributed by atoms with Gasteiger partial charge in [-0.25, -0.2) is 0 Å². The first-order valence-electron chi connectivity index (χ1n) is 5.66. The molecule has 1 unspecified atom stereocenters. The maximum Gasteiger partial charge on any atom is 0.112 e. The van der Waals surface area contributed by atoms with Gasteiger partial charge in [0.05, 0.1) is 6.20 Å². The minimum absolute atomic E-state index is 0.571. The molecule has 0 saturated carbocycles. The Labute approximate surface area is 101 Å². The zero-order chi connectivity index (χ0) is 12.4. The van der Waals surface area contributed by atoms with Gasteiger partial charge in [0.25, 0.3) is 0 Å². The van der Waals surface area contributed by atoms with E-state index in [-0.39, 0.29) is 0 Å². The van der Waals surface area contributed by atoms with Crippen molar-refractivity contribution in [2.75, 3.05) is 0 Å². The van der Waals surface area contributed by atoms with E-state index >= 15 is 0 Å². The van der Waals surface area contributed by atoms with Gasteiger partial charge >= 0.3 is 0 Å². The molecule has 0 radical (unpaired) electrons. The SMILES string of the molecule is Cc1cc(C)cc(CC(O)c2cnn(C)n2)c1. The van der Waals surface area contributed by atoms with Crippen LogP contribution < -0.4 is 0 Å². The van der Waals surface area contributed by atoms with Crippen LogP contribution in [0, 0.1) is 13.8 Å². The van der Waals surface area contributed by atoms with Crippen LogP contribution in [0.5, 0.6) is 0 Å². The van der Waals surface area contributed by atoms with Crippen molar-refractivity contribution in [1.29, 1.82) is 0 Å². The highest BCUT2D eigenvalue weighted by Gasteiger charge is 2.12. The molecule has 1 N–H and O–H groups in total. The highest BCUT2D eigenvalue weighted by atomic mass is 16.3. The summed E-state index contributed by atoms with van der Waals surface area (Å²) in [5.74, 6) is 0. The Morgan fingerprint density at radius 2 is 1.88 bits per heavy atom. The average molecular weight is 231 g/mol. The van der Waals surface area contributed by atoms with Crippen LogP contribution in [0.2, 0.25) is 0 Å². The van der Waals surface area contributed by atoms with Crippen molar-refractivity contribution < 1.29 is 5.11 Å². The number of aliphatic hydroxyl groups is 1. The molecule has 0 amide bonds. The molecule has 0 aliphatic carbocycles. The standard InChI is InChI=1S/C13H17N3O/c1-9-4-10(2)6-11(5-9)7-13(17)12-8-14-16(3)15-12/h4-6,8,13,17H,7H2,1-3H3. The molecule has 4 nitrogen and oxygen atoms in total. The van der Waals surface area contributed by atoms with Crippen LogP contribution in [-0.4, -0.2) is 20.1 Å². The van der Waals surface area contributed by atoms with Gasteiger partial charge in [-0.2, -0.15) is 15.0 Å². The molecule has 0 spiro atoms. The van der Waals surface area contributed by atoms with Crippen molar-refractivity contribution in [2.24, 2.45) is 7.05 Å². The summed E-state index contributed by atoms with van der Waals surface area (Å²) in [6.45, 7) is 4.12. The molecular weight excluding hydrogens is 214 g/mol. The summed E-state index contributed by atoms with van der Waals surface area (Å²) in [6.07, 6.45) is 1.58. The molecule has 1 aromatic heterocycles. The van der Waals surface area contributed by atoms with Crippen LogP contribution in [-0.2, 0) is 13.5 Å². The zero-order valence-electron chi connectivity index (χ0n) is 10.4. The first-order chi connectivity index (χ1) is 8.04. The topological polar surface area (TPSA) is 50.9 Å². The summed E-state index contributed by atoms with van der Waals surface area (Å²) in [6, 6.07) is 6.30. The first-order valence-corrected chi connectivity index (χ1v) is 5.66. The Kier molecular flexibility index (Phi) is 3.24. The highest BCUT2D eigenvalue weighted by molar-refractivity contribution is 5.29. The number of aromatic nitrogens is 3. The normalized spacial score (nSPS) is 12.7. The number of hydrogen-bond donors (Lipinski definition) is 1. The lowest BCUT2D eigenvalue weighted by Gasteiger charge is -2.09. The first kappa shape index (κ1) is 11.8. The monoisotopic (exact) mass is 231 g/mol. The molecule has 1 atom stereocenters. The van der Waals surface area contributed by atoms with Crippen LogP contribution in [0.25, 0.3) is 0 Å². The third-order valence-electron chi connectivity index (χ3n) is 2.67. The van der Waals surface area contributed by atoms with Crippen LogP contribution in [0.3, 0.4) is 0 Å². The summed E-state index contributed by atoms with van der Waals surface area (Å²) in [7, 11) is 1.74. The van der Waals surface area contributed by atoms with E-state index in [9.17, 15) is 5.11 Å². The van der Waals surface area contributed by atoms with E-state index in [1.54, 1.807) is 13.2 Å². The second kappa shape index (κ2) is 4.67. The van der Waals surface area contributed by atoms with Crippen LogP contribution >= 0.6 is 0 Å². The van der Waals surface area contributed by atoms with Crippen molar-refractivity contribution in [3.8, 4) is 0 Å². The Hall–Kier alpha value is -1.68. The maximum atomic E-state index is 10.1. The molecule has 17 heavy (non-hydrogen) atoms. The summed E-state index contributed by atoms with van der Waals surface area (Å²) >= 11 is 0. The minimum Gasteiger partial charge on any atom is -0.386 e. The van der Waals surface area contributed by atoms with Gasteiger partial charge in [0.2, 0.25) is 0 Å². The maximum absolute atomic E-state index is 10.1. The predicted octanol–water partition coefficient (Wildman–Crippen LogP) is 1.71. The lowest BCUT2D eigenvalue weighted by Crippen LogP contribution is -2.04. The lowest BCUT2D eigenvalue weighted by molar-refractivity contribution is 0.172. The van der Waals surface area contributed by atoms with Crippen molar-refractivity contribution in [1.82, 2.24) is 15.0 Å². The molecule has 0 bridgehead atoms. The van der Waals surface area contributed by atoms with Gasteiger partial charge in [-0.3, -0.25) is 0 Å². The number of benzene rings is 1. The van der Waals surface area contributed by atoms with E-state index in [1.165, 1.54) is 15.9 Å². The van der Waals surface area contributed by atoms with E-state index < -0.39 is 6.10 Å². The Balaban J connectivity index is 2.15. The molecule has 1 heterocycles. The Bertz CT molecular complexity index is 499. The van der Waals surface area contributed by atoms with E-state index in [1.807, 2.05) is 0 Å². The summed E-state index contributed by atoms with van der Waals surface area (Å²) in [5, 5.41) is 18.1. The van der Waals surface area contributed by atoms with Crippen molar-refractivity contribution in [2.45, 2.75) is 26.4 Å². The van der Waals surface area contributed by atoms with Crippen LogP contribution in [0.1, 0.15) is 28.5 Å². The van der Waals surface area contributed by atoms with Crippen LogP contribution in [0.4, 0.5) is 0 Å². The van der Waals surface area contributed by atoms with Gasteiger partial charge in [-0.15, -0.1) is 0 Å². The van der Waals surface area contributed by atoms with E-state index in [0.29, 0.717) is 12.1 Å². The number of nitrogens with zero attached hydrogens (tertiary/aromatic N) is 3. The molecule has 4 heteroatoms. The molecule has 1 aromatic carbocycles. The molecule has 0 saturated heterocycles. The quantitative estimate of drug-likeness (QED) is 0.874. The second-order valence-electron chi connectivity index (χ2n) is 4.47. The molecule has 0 aliphatic heterocycles. The molecule has 0 aliphatic rings. The van der Waals surface area contributed by atoms with E-state index in [2.05, 4.69) is 42.2 Å². The van der Waals surface area contributed by atoms with Crippen molar-refractivity contribution in [3.05, 3.63) is 46.8 Å².